The summed E-state index contributed by atoms with van der Waals surface area (Å²) in [5, 5.41) is 3.72. The second kappa shape index (κ2) is 13.7. The third-order valence-electron chi connectivity index (χ3n) is 6.14. The highest BCUT2D eigenvalue weighted by atomic mass is 35.5. The summed E-state index contributed by atoms with van der Waals surface area (Å²) in [6, 6.07) is 25.0. The zero-order valence-electron chi connectivity index (χ0n) is 20.7. The zero-order chi connectivity index (χ0) is 25.0. The first-order valence-electron chi connectivity index (χ1n) is 12.4. The fraction of sp³-hybridized carbons (Fsp3) is 0.333. The van der Waals surface area contributed by atoms with Crippen molar-refractivity contribution in [2.75, 3.05) is 6.54 Å². The van der Waals surface area contributed by atoms with Crippen LogP contribution in [-0.2, 0) is 29.0 Å². The van der Waals surface area contributed by atoms with Crippen molar-refractivity contribution in [3.05, 3.63) is 106 Å². The number of amides is 2. The SMILES string of the molecule is CCCCNC(=O)[C@H](Cc1ccccc1)N(Cc1ccc(C)cc1)C(=O)CCc1ccccc1Cl. The first kappa shape index (κ1) is 26.5. The maximum atomic E-state index is 13.7. The Kier molecular flexibility index (Phi) is 10.4. The fourth-order valence-electron chi connectivity index (χ4n) is 4.04. The maximum Gasteiger partial charge on any atom is 0.243 e. The van der Waals surface area contributed by atoms with E-state index in [9.17, 15) is 9.59 Å². The third kappa shape index (κ3) is 8.25. The summed E-state index contributed by atoms with van der Waals surface area (Å²) in [7, 11) is 0. The molecular formula is C30H35ClN2O2. The van der Waals surface area contributed by atoms with Crippen LogP contribution in [0.4, 0.5) is 0 Å². The van der Waals surface area contributed by atoms with Gasteiger partial charge < -0.3 is 10.2 Å². The van der Waals surface area contributed by atoms with E-state index >= 15 is 0 Å². The quantitative estimate of drug-likeness (QED) is 0.310. The Morgan fingerprint density at radius 2 is 1.60 bits per heavy atom. The highest BCUT2D eigenvalue weighted by Gasteiger charge is 2.30. The summed E-state index contributed by atoms with van der Waals surface area (Å²) in [5.74, 6) is -0.169. The van der Waals surface area contributed by atoms with E-state index in [1.54, 1.807) is 4.90 Å². The molecule has 0 saturated heterocycles. The van der Waals surface area contributed by atoms with Crippen molar-refractivity contribution in [3.8, 4) is 0 Å². The third-order valence-corrected chi connectivity index (χ3v) is 6.51. The minimum Gasteiger partial charge on any atom is -0.354 e. The molecule has 0 fully saturated rings. The lowest BCUT2D eigenvalue weighted by Gasteiger charge is -2.32. The minimum absolute atomic E-state index is 0.0583. The molecule has 0 radical (unpaired) electrons. The van der Waals surface area contributed by atoms with Gasteiger partial charge in [0.15, 0.2) is 0 Å². The number of benzene rings is 3. The standard InChI is InChI=1S/C30H35ClN2O2/c1-3-4-20-32-30(35)28(21-24-10-6-5-7-11-24)33(22-25-16-14-23(2)15-17-25)29(34)19-18-26-12-8-9-13-27(26)31/h5-17,28H,3-4,18-22H2,1-2H3,(H,32,35)/t28-/m0/s1. The van der Waals surface area contributed by atoms with Gasteiger partial charge >= 0.3 is 0 Å². The van der Waals surface area contributed by atoms with Gasteiger partial charge in [0.1, 0.15) is 6.04 Å². The number of hydrogen-bond acceptors (Lipinski definition) is 2. The predicted octanol–water partition coefficient (Wildman–Crippen LogP) is 6.14. The normalized spacial score (nSPS) is 11.6. The number of nitrogens with one attached hydrogen (secondary N) is 1. The van der Waals surface area contributed by atoms with E-state index in [-0.39, 0.29) is 18.2 Å². The van der Waals surface area contributed by atoms with Crippen LogP contribution in [0.25, 0.3) is 0 Å². The first-order chi connectivity index (χ1) is 17.0. The molecule has 0 spiro atoms. The van der Waals surface area contributed by atoms with Gasteiger partial charge in [0.05, 0.1) is 0 Å². The number of nitrogens with zero attached hydrogens (tertiary/aromatic N) is 1. The Hall–Kier alpha value is -3.11. The number of hydrogen-bond donors (Lipinski definition) is 1. The molecule has 35 heavy (non-hydrogen) atoms. The molecule has 3 aromatic carbocycles. The summed E-state index contributed by atoms with van der Waals surface area (Å²) >= 11 is 6.33. The van der Waals surface area contributed by atoms with E-state index in [4.69, 9.17) is 11.6 Å². The van der Waals surface area contributed by atoms with Crippen molar-refractivity contribution >= 4 is 23.4 Å². The van der Waals surface area contributed by atoms with Crippen LogP contribution in [0, 0.1) is 6.92 Å². The number of unbranched alkanes of at least 4 members (excludes halogenated alkanes) is 1. The van der Waals surface area contributed by atoms with Crippen molar-refractivity contribution in [1.82, 2.24) is 10.2 Å². The fourth-order valence-corrected chi connectivity index (χ4v) is 4.27. The van der Waals surface area contributed by atoms with Crippen LogP contribution in [0.1, 0.15) is 48.4 Å². The number of carbonyl (C=O) groups is 2. The first-order valence-corrected chi connectivity index (χ1v) is 12.8. The molecule has 0 aliphatic carbocycles. The highest BCUT2D eigenvalue weighted by molar-refractivity contribution is 6.31. The van der Waals surface area contributed by atoms with Crippen molar-refractivity contribution in [2.45, 2.75) is 58.5 Å². The zero-order valence-corrected chi connectivity index (χ0v) is 21.4. The second-order valence-electron chi connectivity index (χ2n) is 8.95. The smallest absolute Gasteiger partial charge is 0.243 e. The van der Waals surface area contributed by atoms with E-state index in [1.165, 1.54) is 0 Å². The lowest BCUT2D eigenvalue weighted by Crippen LogP contribution is -2.50. The van der Waals surface area contributed by atoms with Crippen LogP contribution in [0.5, 0.6) is 0 Å². The van der Waals surface area contributed by atoms with E-state index in [0.29, 0.717) is 31.0 Å². The predicted molar refractivity (Wildman–Crippen MR) is 143 cm³/mol. The van der Waals surface area contributed by atoms with Gasteiger partial charge in [0.2, 0.25) is 11.8 Å². The Morgan fingerprint density at radius 1 is 0.914 bits per heavy atom. The van der Waals surface area contributed by atoms with E-state index in [2.05, 4.69) is 12.2 Å². The molecule has 0 saturated carbocycles. The van der Waals surface area contributed by atoms with Crippen molar-refractivity contribution in [2.24, 2.45) is 0 Å². The Balaban J connectivity index is 1.88. The molecule has 0 unspecified atom stereocenters. The molecule has 4 nitrogen and oxygen atoms in total. The molecule has 184 valence electrons. The minimum atomic E-state index is -0.602. The molecule has 0 aliphatic rings. The van der Waals surface area contributed by atoms with Crippen LogP contribution in [0.2, 0.25) is 5.02 Å². The summed E-state index contributed by atoms with van der Waals surface area (Å²) in [5.41, 5.74) is 4.12. The topological polar surface area (TPSA) is 49.4 Å². The lowest BCUT2D eigenvalue weighted by molar-refractivity contribution is -0.141. The number of aryl methyl sites for hydroxylation is 2. The van der Waals surface area contributed by atoms with Crippen LogP contribution in [0.15, 0.2) is 78.9 Å². The van der Waals surface area contributed by atoms with Gasteiger partial charge in [-0.2, -0.15) is 0 Å². The lowest BCUT2D eigenvalue weighted by atomic mass is 10.0. The van der Waals surface area contributed by atoms with Gasteiger partial charge in [-0.15, -0.1) is 0 Å². The number of halogens is 1. The summed E-state index contributed by atoms with van der Waals surface area (Å²) < 4.78 is 0. The molecule has 0 aliphatic heterocycles. The van der Waals surface area contributed by atoms with Crippen LogP contribution in [-0.4, -0.2) is 29.3 Å². The van der Waals surface area contributed by atoms with Gasteiger partial charge in [0.25, 0.3) is 0 Å². The molecule has 5 heteroatoms. The van der Waals surface area contributed by atoms with Crippen molar-refractivity contribution < 1.29 is 9.59 Å². The van der Waals surface area contributed by atoms with Gasteiger partial charge in [0, 0.05) is 31.0 Å². The molecule has 3 aromatic rings. The Labute approximate surface area is 214 Å². The molecule has 3 rings (SSSR count). The Morgan fingerprint density at radius 3 is 2.29 bits per heavy atom. The monoisotopic (exact) mass is 490 g/mol. The second-order valence-corrected chi connectivity index (χ2v) is 9.36. The summed E-state index contributed by atoms with van der Waals surface area (Å²) in [4.78, 5) is 28.8. The Bertz CT molecular complexity index is 1080. The van der Waals surface area contributed by atoms with Gasteiger partial charge in [-0.25, -0.2) is 0 Å². The van der Waals surface area contributed by atoms with Crippen LogP contribution in [0.3, 0.4) is 0 Å². The molecule has 0 aromatic heterocycles. The summed E-state index contributed by atoms with van der Waals surface area (Å²) in [6.07, 6.45) is 3.17. The van der Waals surface area contributed by atoms with E-state index in [0.717, 1.165) is 35.1 Å². The van der Waals surface area contributed by atoms with Crippen LogP contribution >= 0.6 is 11.6 Å². The van der Waals surface area contributed by atoms with Gasteiger partial charge in [-0.05, 0) is 42.5 Å². The molecule has 0 bridgehead atoms. The average molecular weight is 491 g/mol. The van der Waals surface area contributed by atoms with E-state index < -0.39 is 6.04 Å². The van der Waals surface area contributed by atoms with Gasteiger partial charge in [-0.3, -0.25) is 9.59 Å². The average Bonchev–Trinajstić information content (AvgIpc) is 2.87. The largest absolute Gasteiger partial charge is 0.354 e. The van der Waals surface area contributed by atoms with E-state index in [1.807, 2.05) is 85.8 Å². The van der Waals surface area contributed by atoms with Gasteiger partial charge in [-0.1, -0.05) is 103 Å². The summed E-state index contributed by atoms with van der Waals surface area (Å²) in [6.45, 7) is 5.11. The van der Waals surface area contributed by atoms with Crippen LogP contribution < -0.4 is 5.32 Å². The number of carbonyl (C=O) groups excluding carboxylic acids is 2. The molecular weight excluding hydrogens is 456 g/mol. The highest BCUT2D eigenvalue weighted by Crippen LogP contribution is 2.20. The molecule has 2 amide bonds. The van der Waals surface area contributed by atoms with Crippen molar-refractivity contribution in [1.29, 1.82) is 0 Å². The molecule has 1 atom stereocenters. The molecule has 1 N–H and O–H groups in total. The van der Waals surface area contributed by atoms with Crippen molar-refractivity contribution in [3.63, 3.8) is 0 Å². The maximum absolute atomic E-state index is 13.7. The molecule has 0 heterocycles. The number of rotatable bonds is 12.